The Morgan fingerprint density at radius 2 is 2.16 bits per heavy atom. The van der Waals surface area contributed by atoms with E-state index in [-0.39, 0.29) is 12.1 Å². The molecule has 0 aliphatic rings. The van der Waals surface area contributed by atoms with Crippen LogP contribution in [-0.4, -0.2) is 32.0 Å². The number of aryl methyl sites for hydroxylation is 2. The molecular weight excluding hydrogens is 240 g/mol. The van der Waals surface area contributed by atoms with Crippen LogP contribution in [0.5, 0.6) is 0 Å². The van der Waals surface area contributed by atoms with Crippen molar-refractivity contribution in [3.05, 3.63) is 23.5 Å². The van der Waals surface area contributed by atoms with Crippen LogP contribution in [0.15, 0.2) is 12.3 Å². The maximum atomic E-state index is 9.02. The SMILES string of the molecule is Cc1nn(C)c2ncc(CNC(C)(C)CCO)cc12. The molecule has 0 spiro atoms. The van der Waals surface area contributed by atoms with Crippen LogP contribution in [0.25, 0.3) is 11.0 Å². The highest BCUT2D eigenvalue weighted by Gasteiger charge is 2.16. The van der Waals surface area contributed by atoms with Crippen molar-refractivity contribution in [2.45, 2.75) is 39.3 Å². The number of aliphatic hydroxyl groups is 1. The number of fused-ring (bicyclic) bond motifs is 1. The van der Waals surface area contributed by atoms with Crippen LogP contribution in [0, 0.1) is 6.92 Å². The first-order chi connectivity index (χ1) is 8.93. The Balaban J connectivity index is 2.16. The van der Waals surface area contributed by atoms with Gasteiger partial charge in [0.25, 0.3) is 0 Å². The number of hydrogen-bond acceptors (Lipinski definition) is 4. The minimum atomic E-state index is -0.0757. The number of nitrogens with zero attached hydrogens (tertiary/aromatic N) is 3. The van der Waals surface area contributed by atoms with E-state index in [2.05, 4.69) is 35.3 Å². The second-order valence-electron chi connectivity index (χ2n) is 5.63. The lowest BCUT2D eigenvalue weighted by molar-refractivity contribution is 0.230. The van der Waals surface area contributed by atoms with E-state index in [1.165, 1.54) is 0 Å². The highest BCUT2D eigenvalue weighted by atomic mass is 16.3. The lowest BCUT2D eigenvalue weighted by Gasteiger charge is -2.25. The Morgan fingerprint density at radius 3 is 2.84 bits per heavy atom. The third-order valence-electron chi connectivity index (χ3n) is 3.43. The predicted molar refractivity (Wildman–Crippen MR) is 75.9 cm³/mol. The quantitative estimate of drug-likeness (QED) is 0.857. The van der Waals surface area contributed by atoms with E-state index in [0.29, 0.717) is 0 Å². The summed E-state index contributed by atoms with van der Waals surface area (Å²) in [4.78, 5) is 4.46. The van der Waals surface area contributed by atoms with Crippen molar-refractivity contribution in [1.29, 1.82) is 0 Å². The minimum Gasteiger partial charge on any atom is -0.396 e. The summed E-state index contributed by atoms with van der Waals surface area (Å²) < 4.78 is 1.80. The predicted octanol–water partition coefficient (Wildman–Crippen LogP) is 1.53. The van der Waals surface area contributed by atoms with E-state index >= 15 is 0 Å². The summed E-state index contributed by atoms with van der Waals surface area (Å²) in [6, 6.07) is 2.13. The molecule has 0 aromatic carbocycles. The summed E-state index contributed by atoms with van der Waals surface area (Å²) in [7, 11) is 1.91. The molecule has 2 aromatic heterocycles. The van der Waals surface area contributed by atoms with E-state index in [4.69, 9.17) is 5.11 Å². The molecule has 0 radical (unpaired) electrons. The molecule has 19 heavy (non-hydrogen) atoms. The second-order valence-corrected chi connectivity index (χ2v) is 5.63. The second kappa shape index (κ2) is 5.27. The van der Waals surface area contributed by atoms with E-state index in [0.717, 1.165) is 35.3 Å². The van der Waals surface area contributed by atoms with E-state index in [1.54, 1.807) is 4.68 Å². The third kappa shape index (κ3) is 3.11. The molecule has 0 aliphatic heterocycles. The van der Waals surface area contributed by atoms with Gasteiger partial charge in [-0.1, -0.05) is 0 Å². The molecule has 0 atom stereocenters. The Kier molecular flexibility index (Phi) is 3.87. The lowest BCUT2D eigenvalue weighted by Crippen LogP contribution is -2.39. The molecule has 0 amide bonds. The molecule has 104 valence electrons. The van der Waals surface area contributed by atoms with Gasteiger partial charge in [0.05, 0.1) is 5.69 Å². The summed E-state index contributed by atoms with van der Waals surface area (Å²) in [6.45, 7) is 7.11. The van der Waals surface area contributed by atoms with Gasteiger partial charge in [-0.05, 0) is 38.8 Å². The van der Waals surface area contributed by atoms with Crippen LogP contribution < -0.4 is 5.32 Å². The van der Waals surface area contributed by atoms with Crippen LogP contribution in [-0.2, 0) is 13.6 Å². The van der Waals surface area contributed by atoms with Crippen LogP contribution in [0.1, 0.15) is 31.5 Å². The molecular formula is C14H22N4O. The number of hydrogen-bond donors (Lipinski definition) is 2. The van der Waals surface area contributed by atoms with Crippen LogP contribution in [0.3, 0.4) is 0 Å². The topological polar surface area (TPSA) is 63.0 Å². The fourth-order valence-corrected chi connectivity index (χ4v) is 2.16. The summed E-state index contributed by atoms with van der Waals surface area (Å²) in [5.74, 6) is 0. The van der Waals surface area contributed by atoms with Crippen molar-refractivity contribution >= 4 is 11.0 Å². The third-order valence-corrected chi connectivity index (χ3v) is 3.43. The van der Waals surface area contributed by atoms with Crippen LogP contribution in [0.2, 0.25) is 0 Å². The van der Waals surface area contributed by atoms with E-state index in [1.807, 2.05) is 20.2 Å². The fraction of sp³-hybridized carbons (Fsp3) is 0.571. The number of aromatic nitrogens is 3. The number of pyridine rings is 1. The molecule has 0 fully saturated rings. The summed E-state index contributed by atoms with van der Waals surface area (Å²) in [5, 5.41) is 17.9. The lowest BCUT2D eigenvalue weighted by atomic mass is 10.0. The number of aliphatic hydroxyl groups excluding tert-OH is 1. The molecule has 0 saturated heterocycles. The molecule has 0 unspecified atom stereocenters. The monoisotopic (exact) mass is 262 g/mol. The highest BCUT2D eigenvalue weighted by molar-refractivity contribution is 5.78. The van der Waals surface area contributed by atoms with Crippen molar-refractivity contribution in [3.8, 4) is 0 Å². The molecule has 0 saturated carbocycles. The molecule has 5 nitrogen and oxygen atoms in total. The molecule has 0 bridgehead atoms. The average molecular weight is 262 g/mol. The smallest absolute Gasteiger partial charge is 0.157 e. The van der Waals surface area contributed by atoms with Crippen molar-refractivity contribution in [3.63, 3.8) is 0 Å². The Bertz CT molecular complexity index is 574. The maximum absolute atomic E-state index is 9.02. The molecule has 5 heteroatoms. The van der Waals surface area contributed by atoms with Crippen molar-refractivity contribution in [2.24, 2.45) is 7.05 Å². The van der Waals surface area contributed by atoms with Gasteiger partial charge in [0.2, 0.25) is 0 Å². The van der Waals surface area contributed by atoms with Gasteiger partial charge in [-0.3, -0.25) is 4.68 Å². The molecule has 2 heterocycles. The zero-order valence-electron chi connectivity index (χ0n) is 12.1. The molecule has 2 aromatic rings. The van der Waals surface area contributed by atoms with Gasteiger partial charge < -0.3 is 10.4 Å². The van der Waals surface area contributed by atoms with Crippen molar-refractivity contribution in [1.82, 2.24) is 20.1 Å². The van der Waals surface area contributed by atoms with Gasteiger partial charge in [0, 0.05) is 37.3 Å². The number of rotatable bonds is 5. The molecule has 2 N–H and O–H groups in total. The average Bonchev–Trinajstić information content (AvgIpc) is 2.62. The summed E-state index contributed by atoms with van der Waals surface area (Å²) >= 11 is 0. The minimum absolute atomic E-state index is 0.0757. The first-order valence-electron chi connectivity index (χ1n) is 6.57. The van der Waals surface area contributed by atoms with Gasteiger partial charge in [0.1, 0.15) is 0 Å². The Labute approximate surface area is 113 Å². The molecule has 2 rings (SSSR count). The Morgan fingerprint density at radius 1 is 1.42 bits per heavy atom. The Hall–Kier alpha value is -1.46. The zero-order valence-corrected chi connectivity index (χ0v) is 12.1. The van der Waals surface area contributed by atoms with E-state index < -0.39 is 0 Å². The first-order valence-corrected chi connectivity index (χ1v) is 6.57. The molecule has 0 aliphatic carbocycles. The highest BCUT2D eigenvalue weighted by Crippen LogP contribution is 2.17. The summed E-state index contributed by atoms with van der Waals surface area (Å²) in [5.41, 5.74) is 2.97. The van der Waals surface area contributed by atoms with Gasteiger partial charge in [-0.15, -0.1) is 0 Å². The van der Waals surface area contributed by atoms with E-state index in [9.17, 15) is 0 Å². The van der Waals surface area contributed by atoms with Crippen LogP contribution in [0.4, 0.5) is 0 Å². The zero-order chi connectivity index (χ0) is 14.0. The van der Waals surface area contributed by atoms with Gasteiger partial charge >= 0.3 is 0 Å². The first kappa shape index (κ1) is 14.0. The fourth-order valence-electron chi connectivity index (χ4n) is 2.16. The van der Waals surface area contributed by atoms with Gasteiger partial charge in [-0.2, -0.15) is 5.10 Å². The normalized spacial score (nSPS) is 12.3. The van der Waals surface area contributed by atoms with Crippen molar-refractivity contribution in [2.75, 3.05) is 6.61 Å². The van der Waals surface area contributed by atoms with Gasteiger partial charge in [-0.25, -0.2) is 4.98 Å². The largest absolute Gasteiger partial charge is 0.396 e. The van der Waals surface area contributed by atoms with Crippen LogP contribution >= 0.6 is 0 Å². The van der Waals surface area contributed by atoms with Gasteiger partial charge in [0.15, 0.2) is 5.65 Å². The summed E-state index contributed by atoms with van der Waals surface area (Å²) in [6.07, 6.45) is 2.61. The standard InChI is InChI=1S/C14H22N4O/c1-10-12-7-11(8-15-13(12)18(4)17-10)9-16-14(2,3)5-6-19/h7-8,16,19H,5-6,9H2,1-4H3. The maximum Gasteiger partial charge on any atom is 0.157 e. The number of nitrogens with one attached hydrogen (secondary N) is 1. The van der Waals surface area contributed by atoms with Crippen molar-refractivity contribution < 1.29 is 5.11 Å².